The summed E-state index contributed by atoms with van der Waals surface area (Å²) >= 11 is 0. The second-order valence-electron chi connectivity index (χ2n) is 3.54. The number of rotatable bonds is 4. The zero-order valence-electron chi connectivity index (χ0n) is 8.28. The van der Waals surface area contributed by atoms with E-state index in [1.807, 2.05) is 6.07 Å². The molecule has 0 unspecified atom stereocenters. The summed E-state index contributed by atoms with van der Waals surface area (Å²) in [6, 6.07) is 1.96. The number of hydrogen-bond acceptors (Lipinski definition) is 3. The van der Waals surface area contributed by atoms with Crippen LogP contribution in [0.15, 0.2) is 0 Å². The van der Waals surface area contributed by atoms with Gasteiger partial charge in [-0.25, -0.2) is 12.7 Å². The summed E-state index contributed by atoms with van der Waals surface area (Å²) in [6.07, 6.45) is 3.85. The van der Waals surface area contributed by atoms with Crippen LogP contribution in [0.1, 0.15) is 32.1 Å². The SMILES string of the molecule is N#CCCCS(=O)(=O)N1CCCCC1. The van der Waals surface area contributed by atoms with E-state index in [2.05, 4.69) is 0 Å². The standard InChI is InChI=1S/C9H16N2O2S/c10-6-2-5-9-14(12,13)11-7-3-1-4-8-11/h1-5,7-9H2. The molecule has 0 atom stereocenters. The average Bonchev–Trinajstić information content (AvgIpc) is 2.19. The second-order valence-corrected chi connectivity index (χ2v) is 5.63. The number of piperidine rings is 1. The van der Waals surface area contributed by atoms with Gasteiger partial charge >= 0.3 is 0 Å². The third-order valence-corrected chi connectivity index (χ3v) is 4.36. The summed E-state index contributed by atoms with van der Waals surface area (Å²) in [5.74, 6) is 0.126. The maximum absolute atomic E-state index is 11.7. The van der Waals surface area contributed by atoms with Crippen LogP contribution in [0.3, 0.4) is 0 Å². The first-order valence-electron chi connectivity index (χ1n) is 5.01. The predicted molar refractivity (Wildman–Crippen MR) is 54.1 cm³/mol. The Morgan fingerprint density at radius 1 is 1.21 bits per heavy atom. The molecule has 1 heterocycles. The van der Waals surface area contributed by atoms with Crippen molar-refractivity contribution in [3.63, 3.8) is 0 Å². The van der Waals surface area contributed by atoms with Crippen LogP contribution in [-0.2, 0) is 10.0 Å². The Bertz CT molecular complexity index is 299. The molecular formula is C9H16N2O2S. The largest absolute Gasteiger partial charge is 0.214 e. The van der Waals surface area contributed by atoms with Crippen molar-refractivity contribution in [2.24, 2.45) is 0 Å². The minimum atomic E-state index is -3.07. The molecule has 0 bridgehead atoms. The van der Waals surface area contributed by atoms with Gasteiger partial charge in [-0.3, -0.25) is 0 Å². The zero-order chi connectivity index (χ0) is 10.4. The molecule has 5 heteroatoms. The normalized spacial score (nSPS) is 19.1. The van der Waals surface area contributed by atoms with Crippen LogP contribution in [0.25, 0.3) is 0 Å². The van der Waals surface area contributed by atoms with E-state index in [1.54, 1.807) is 4.31 Å². The van der Waals surface area contributed by atoms with Crippen LogP contribution < -0.4 is 0 Å². The number of unbranched alkanes of at least 4 members (excludes halogenated alkanes) is 1. The highest BCUT2D eigenvalue weighted by molar-refractivity contribution is 7.89. The molecule has 0 aromatic heterocycles. The smallest absolute Gasteiger partial charge is 0.212 e. The summed E-state index contributed by atoms with van der Waals surface area (Å²) in [6.45, 7) is 1.32. The Balaban J connectivity index is 2.43. The topological polar surface area (TPSA) is 61.2 Å². The quantitative estimate of drug-likeness (QED) is 0.661. The fourth-order valence-corrected chi connectivity index (χ4v) is 3.19. The Morgan fingerprint density at radius 3 is 2.43 bits per heavy atom. The number of hydrogen-bond donors (Lipinski definition) is 0. The van der Waals surface area contributed by atoms with E-state index in [4.69, 9.17) is 5.26 Å². The molecule has 0 saturated carbocycles. The third kappa shape index (κ3) is 3.28. The van der Waals surface area contributed by atoms with Gasteiger partial charge in [0.05, 0.1) is 11.8 Å². The monoisotopic (exact) mass is 216 g/mol. The van der Waals surface area contributed by atoms with Gasteiger partial charge in [0.1, 0.15) is 0 Å². The minimum absolute atomic E-state index is 0.126. The van der Waals surface area contributed by atoms with Gasteiger partial charge in [-0.15, -0.1) is 0 Å². The van der Waals surface area contributed by atoms with E-state index >= 15 is 0 Å². The summed E-state index contributed by atoms with van der Waals surface area (Å²) in [7, 11) is -3.07. The molecule has 1 rings (SSSR count). The minimum Gasteiger partial charge on any atom is -0.212 e. The van der Waals surface area contributed by atoms with Crippen molar-refractivity contribution in [1.29, 1.82) is 5.26 Å². The fraction of sp³-hybridized carbons (Fsp3) is 0.889. The van der Waals surface area contributed by atoms with Crippen molar-refractivity contribution < 1.29 is 8.42 Å². The van der Waals surface area contributed by atoms with Gasteiger partial charge in [-0.2, -0.15) is 5.26 Å². The van der Waals surface area contributed by atoms with Gasteiger partial charge in [0, 0.05) is 19.5 Å². The molecule has 1 saturated heterocycles. The van der Waals surface area contributed by atoms with E-state index in [-0.39, 0.29) is 5.75 Å². The lowest BCUT2D eigenvalue weighted by Crippen LogP contribution is -2.37. The van der Waals surface area contributed by atoms with Gasteiger partial charge in [-0.1, -0.05) is 6.42 Å². The maximum atomic E-state index is 11.7. The predicted octanol–water partition coefficient (Wildman–Crippen LogP) is 1.11. The van der Waals surface area contributed by atoms with Crippen LogP contribution in [0, 0.1) is 11.3 Å². The molecule has 0 N–H and O–H groups in total. The molecule has 14 heavy (non-hydrogen) atoms. The Hall–Kier alpha value is -0.600. The van der Waals surface area contributed by atoms with E-state index in [0.717, 1.165) is 19.3 Å². The van der Waals surface area contributed by atoms with E-state index in [1.165, 1.54) is 0 Å². The van der Waals surface area contributed by atoms with E-state index in [9.17, 15) is 8.42 Å². The van der Waals surface area contributed by atoms with E-state index in [0.29, 0.717) is 25.9 Å². The van der Waals surface area contributed by atoms with Gasteiger partial charge in [0.15, 0.2) is 0 Å². The molecule has 80 valence electrons. The van der Waals surface area contributed by atoms with Crippen LogP contribution in [0.4, 0.5) is 0 Å². The lowest BCUT2D eigenvalue weighted by Gasteiger charge is -2.25. The van der Waals surface area contributed by atoms with Gasteiger partial charge in [0.25, 0.3) is 0 Å². The van der Waals surface area contributed by atoms with Crippen molar-refractivity contribution >= 4 is 10.0 Å². The molecular weight excluding hydrogens is 200 g/mol. The third-order valence-electron chi connectivity index (χ3n) is 2.40. The lowest BCUT2D eigenvalue weighted by molar-refractivity contribution is 0.346. The first kappa shape index (κ1) is 11.5. The molecule has 1 fully saturated rings. The van der Waals surface area contributed by atoms with E-state index < -0.39 is 10.0 Å². The van der Waals surface area contributed by atoms with Crippen molar-refractivity contribution in [2.75, 3.05) is 18.8 Å². The van der Waals surface area contributed by atoms with Gasteiger partial charge in [-0.05, 0) is 19.3 Å². The highest BCUT2D eigenvalue weighted by Gasteiger charge is 2.22. The zero-order valence-corrected chi connectivity index (χ0v) is 9.09. The Labute approximate surface area is 85.6 Å². The molecule has 0 aromatic carbocycles. The molecule has 0 amide bonds. The highest BCUT2D eigenvalue weighted by atomic mass is 32.2. The Kier molecular flexibility index (Phi) is 4.36. The summed E-state index contributed by atoms with van der Waals surface area (Å²) in [4.78, 5) is 0. The van der Waals surface area contributed by atoms with Gasteiger partial charge < -0.3 is 0 Å². The average molecular weight is 216 g/mol. The van der Waals surface area contributed by atoms with Gasteiger partial charge in [0.2, 0.25) is 10.0 Å². The first-order chi connectivity index (χ1) is 6.67. The summed E-state index contributed by atoms with van der Waals surface area (Å²) in [5.41, 5.74) is 0. The molecule has 0 aromatic rings. The molecule has 1 aliphatic heterocycles. The van der Waals surface area contributed by atoms with Crippen LogP contribution in [0.2, 0.25) is 0 Å². The van der Waals surface area contributed by atoms with Crippen LogP contribution >= 0.6 is 0 Å². The molecule has 1 aliphatic rings. The summed E-state index contributed by atoms with van der Waals surface area (Å²) in [5, 5.41) is 8.32. The maximum Gasteiger partial charge on any atom is 0.214 e. The second kappa shape index (κ2) is 5.32. The molecule has 4 nitrogen and oxygen atoms in total. The highest BCUT2D eigenvalue weighted by Crippen LogP contribution is 2.14. The number of nitriles is 1. The summed E-state index contributed by atoms with van der Waals surface area (Å²) < 4.78 is 24.9. The van der Waals surface area contributed by atoms with Crippen molar-refractivity contribution in [3.05, 3.63) is 0 Å². The molecule has 0 spiro atoms. The number of nitrogens with zero attached hydrogens (tertiary/aromatic N) is 2. The first-order valence-corrected chi connectivity index (χ1v) is 6.62. The Morgan fingerprint density at radius 2 is 1.86 bits per heavy atom. The van der Waals surface area contributed by atoms with Crippen molar-refractivity contribution in [2.45, 2.75) is 32.1 Å². The van der Waals surface area contributed by atoms with Crippen LogP contribution in [-0.4, -0.2) is 31.6 Å². The molecule has 0 radical (unpaired) electrons. The number of sulfonamides is 1. The molecule has 0 aliphatic carbocycles. The van der Waals surface area contributed by atoms with Crippen molar-refractivity contribution in [1.82, 2.24) is 4.31 Å². The van der Waals surface area contributed by atoms with Crippen LogP contribution in [0.5, 0.6) is 0 Å². The lowest BCUT2D eigenvalue weighted by atomic mass is 10.2. The fourth-order valence-electron chi connectivity index (χ4n) is 1.61. The van der Waals surface area contributed by atoms with Crippen molar-refractivity contribution in [3.8, 4) is 6.07 Å².